The molecule has 0 spiro atoms. The molecule has 1 aromatic heterocycles. The summed E-state index contributed by atoms with van der Waals surface area (Å²) >= 11 is 1.27. The van der Waals surface area contributed by atoms with Crippen molar-refractivity contribution in [2.24, 2.45) is 0 Å². The molecule has 0 aliphatic heterocycles. The van der Waals surface area contributed by atoms with Crippen LogP contribution in [0.2, 0.25) is 0 Å². The van der Waals surface area contributed by atoms with Gasteiger partial charge >= 0.3 is 5.97 Å². The molecule has 0 atom stereocenters. The number of hydrogen-bond donors (Lipinski definition) is 1. The van der Waals surface area contributed by atoms with Gasteiger partial charge in [0.2, 0.25) is 0 Å². The van der Waals surface area contributed by atoms with Crippen molar-refractivity contribution in [1.82, 2.24) is 4.90 Å². The van der Waals surface area contributed by atoms with Crippen molar-refractivity contribution < 1.29 is 19.1 Å². The third-order valence-electron chi connectivity index (χ3n) is 3.05. The van der Waals surface area contributed by atoms with Crippen LogP contribution in [0.3, 0.4) is 0 Å². The molecule has 0 radical (unpaired) electrons. The zero-order chi connectivity index (χ0) is 16.1. The Balaban J connectivity index is 2.20. The number of carbonyl (C=O) groups excluding carboxylic acids is 1. The van der Waals surface area contributed by atoms with Crippen LogP contribution in [-0.4, -0.2) is 35.0 Å². The van der Waals surface area contributed by atoms with Crippen molar-refractivity contribution in [3.8, 4) is 10.4 Å². The summed E-state index contributed by atoms with van der Waals surface area (Å²) < 4.78 is 12.9. The minimum atomic E-state index is -1.03. The summed E-state index contributed by atoms with van der Waals surface area (Å²) in [6, 6.07) is 9.49. The normalized spacial score (nSPS) is 10.5. The number of amides is 1. The Morgan fingerprint density at radius 3 is 2.45 bits per heavy atom. The minimum absolute atomic E-state index is 0.289. The molecule has 116 valence electrons. The van der Waals surface area contributed by atoms with E-state index < -0.39 is 5.97 Å². The van der Waals surface area contributed by atoms with Gasteiger partial charge in [0.05, 0.1) is 4.88 Å². The van der Waals surface area contributed by atoms with Gasteiger partial charge in [-0.15, -0.1) is 11.3 Å². The number of aliphatic carboxylic acids is 1. The van der Waals surface area contributed by atoms with Crippen molar-refractivity contribution in [2.75, 3.05) is 13.1 Å². The zero-order valence-electron chi connectivity index (χ0n) is 12.1. The van der Waals surface area contributed by atoms with E-state index in [0.29, 0.717) is 17.8 Å². The standard InChI is InChI=1S/C16H16FNO3S/c1-2-9-18(10-15(19)20)16(21)14-8-7-13(22-14)11-3-5-12(17)6-4-11/h3-8H,2,9-10H2,1H3,(H,19,20). The van der Waals surface area contributed by atoms with Crippen molar-refractivity contribution in [3.63, 3.8) is 0 Å². The van der Waals surface area contributed by atoms with Crippen LogP contribution in [0.1, 0.15) is 23.0 Å². The molecule has 0 saturated carbocycles. The lowest BCUT2D eigenvalue weighted by Crippen LogP contribution is -2.35. The molecule has 1 aromatic carbocycles. The highest BCUT2D eigenvalue weighted by Crippen LogP contribution is 2.29. The number of carboxylic acids is 1. The first kappa shape index (κ1) is 16.2. The predicted molar refractivity (Wildman–Crippen MR) is 83.5 cm³/mol. The van der Waals surface area contributed by atoms with Gasteiger partial charge in [0.15, 0.2) is 0 Å². The second-order valence-corrected chi connectivity index (χ2v) is 5.88. The highest BCUT2D eigenvalue weighted by Gasteiger charge is 2.19. The van der Waals surface area contributed by atoms with E-state index in [2.05, 4.69) is 0 Å². The molecule has 0 saturated heterocycles. The molecular formula is C16H16FNO3S. The molecular weight excluding hydrogens is 305 g/mol. The summed E-state index contributed by atoms with van der Waals surface area (Å²) in [5.41, 5.74) is 0.825. The second-order valence-electron chi connectivity index (χ2n) is 4.79. The molecule has 0 aliphatic rings. The van der Waals surface area contributed by atoms with Crippen LogP contribution in [0, 0.1) is 5.82 Å². The first-order valence-electron chi connectivity index (χ1n) is 6.88. The molecule has 4 nitrogen and oxygen atoms in total. The lowest BCUT2D eigenvalue weighted by Gasteiger charge is -2.18. The van der Waals surface area contributed by atoms with Gasteiger partial charge in [-0.3, -0.25) is 9.59 Å². The molecule has 1 amide bonds. The third kappa shape index (κ3) is 3.92. The first-order chi connectivity index (χ1) is 10.5. The molecule has 0 fully saturated rings. The number of halogens is 1. The van der Waals surface area contributed by atoms with E-state index in [1.165, 1.54) is 28.4 Å². The largest absolute Gasteiger partial charge is 0.480 e. The Kier molecular flexibility index (Phi) is 5.27. The van der Waals surface area contributed by atoms with E-state index in [-0.39, 0.29) is 18.3 Å². The first-order valence-corrected chi connectivity index (χ1v) is 7.69. The number of carboxylic acid groups (broad SMARTS) is 1. The Labute approximate surface area is 131 Å². The van der Waals surface area contributed by atoms with Crippen LogP contribution in [0.25, 0.3) is 10.4 Å². The third-order valence-corrected chi connectivity index (χ3v) is 4.17. The topological polar surface area (TPSA) is 57.6 Å². The predicted octanol–water partition coefficient (Wildman–Crippen LogP) is 3.49. The van der Waals surface area contributed by atoms with Gasteiger partial charge in [0.25, 0.3) is 5.91 Å². The number of thiophene rings is 1. The van der Waals surface area contributed by atoms with Crippen molar-refractivity contribution in [2.45, 2.75) is 13.3 Å². The van der Waals surface area contributed by atoms with E-state index in [4.69, 9.17) is 5.11 Å². The summed E-state index contributed by atoms with van der Waals surface area (Å²) in [5, 5.41) is 8.89. The lowest BCUT2D eigenvalue weighted by molar-refractivity contribution is -0.137. The number of hydrogen-bond acceptors (Lipinski definition) is 3. The average Bonchev–Trinajstić information content (AvgIpc) is 2.96. The summed E-state index contributed by atoms with van der Waals surface area (Å²) in [7, 11) is 0. The van der Waals surface area contributed by atoms with Crippen molar-refractivity contribution in [3.05, 3.63) is 47.1 Å². The quantitative estimate of drug-likeness (QED) is 0.886. The molecule has 1 N–H and O–H groups in total. The van der Waals surface area contributed by atoms with Gasteiger partial charge in [-0.2, -0.15) is 0 Å². The summed E-state index contributed by atoms with van der Waals surface area (Å²) in [6.45, 7) is 1.98. The van der Waals surface area contributed by atoms with E-state index >= 15 is 0 Å². The molecule has 0 bridgehead atoms. The van der Waals surface area contributed by atoms with E-state index in [0.717, 1.165) is 10.4 Å². The van der Waals surface area contributed by atoms with Crippen LogP contribution in [0.4, 0.5) is 4.39 Å². The molecule has 0 unspecified atom stereocenters. The Morgan fingerprint density at radius 2 is 1.86 bits per heavy atom. The fourth-order valence-electron chi connectivity index (χ4n) is 2.06. The van der Waals surface area contributed by atoms with Crippen molar-refractivity contribution in [1.29, 1.82) is 0 Å². The Morgan fingerprint density at radius 1 is 1.18 bits per heavy atom. The molecule has 2 aromatic rings. The van der Waals surface area contributed by atoms with Crippen molar-refractivity contribution >= 4 is 23.2 Å². The fraction of sp³-hybridized carbons (Fsp3) is 0.250. The Hall–Kier alpha value is -2.21. The number of carbonyl (C=O) groups is 2. The number of rotatable bonds is 6. The van der Waals surface area contributed by atoms with Gasteiger partial charge in [0, 0.05) is 11.4 Å². The van der Waals surface area contributed by atoms with Crippen LogP contribution in [-0.2, 0) is 4.79 Å². The maximum atomic E-state index is 12.9. The van der Waals surface area contributed by atoms with Crippen LogP contribution in [0.15, 0.2) is 36.4 Å². The van der Waals surface area contributed by atoms with Crippen LogP contribution in [0.5, 0.6) is 0 Å². The highest BCUT2D eigenvalue weighted by atomic mass is 32.1. The van der Waals surface area contributed by atoms with E-state index in [9.17, 15) is 14.0 Å². The average molecular weight is 321 g/mol. The summed E-state index contributed by atoms with van der Waals surface area (Å²) in [6.07, 6.45) is 0.690. The molecule has 6 heteroatoms. The monoisotopic (exact) mass is 321 g/mol. The van der Waals surface area contributed by atoms with Gasteiger partial charge in [-0.25, -0.2) is 4.39 Å². The molecule has 0 aliphatic carbocycles. The van der Waals surface area contributed by atoms with Gasteiger partial charge < -0.3 is 10.0 Å². The summed E-state index contributed by atoms with van der Waals surface area (Å²) in [4.78, 5) is 25.9. The second kappa shape index (κ2) is 7.17. The lowest BCUT2D eigenvalue weighted by atomic mass is 10.2. The van der Waals surface area contributed by atoms with E-state index in [1.807, 2.05) is 6.92 Å². The SMILES string of the molecule is CCCN(CC(=O)O)C(=O)c1ccc(-c2ccc(F)cc2)s1. The Bertz CT molecular complexity index is 666. The fourth-order valence-corrected chi connectivity index (χ4v) is 3.04. The maximum Gasteiger partial charge on any atom is 0.323 e. The van der Waals surface area contributed by atoms with Crippen LogP contribution >= 0.6 is 11.3 Å². The maximum absolute atomic E-state index is 12.9. The van der Waals surface area contributed by atoms with Gasteiger partial charge in [-0.05, 0) is 36.2 Å². The molecule has 1 heterocycles. The zero-order valence-corrected chi connectivity index (χ0v) is 12.9. The molecule has 2 rings (SSSR count). The van der Waals surface area contributed by atoms with Gasteiger partial charge in [-0.1, -0.05) is 19.1 Å². The van der Waals surface area contributed by atoms with Gasteiger partial charge in [0.1, 0.15) is 12.4 Å². The highest BCUT2D eigenvalue weighted by molar-refractivity contribution is 7.17. The van der Waals surface area contributed by atoms with E-state index in [1.54, 1.807) is 24.3 Å². The number of benzene rings is 1. The smallest absolute Gasteiger partial charge is 0.323 e. The van der Waals surface area contributed by atoms with Crippen LogP contribution < -0.4 is 0 Å². The number of nitrogens with zero attached hydrogens (tertiary/aromatic N) is 1. The summed E-state index contributed by atoms with van der Waals surface area (Å²) in [5.74, 6) is -1.63. The molecule has 22 heavy (non-hydrogen) atoms. The minimum Gasteiger partial charge on any atom is -0.480 e.